The summed E-state index contributed by atoms with van der Waals surface area (Å²) in [5.74, 6) is -0.433. The third-order valence-corrected chi connectivity index (χ3v) is 6.25. The summed E-state index contributed by atoms with van der Waals surface area (Å²) in [4.78, 5) is 38.0. The minimum absolute atomic E-state index is 0.0520. The van der Waals surface area contributed by atoms with Crippen LogP contribution in [0.2, 0.25) is 0 Å². The number of carbonyl (C=O) groups is 2. The van der Waals surface area contributed by atoms with Crippen LogP contribution in [0.25, 0.3) is 22.1 Å². The fourth-order valence-electron chi connectivity index (χ4n) is 4.29. The van der Waals surface area contributed by atoms with Gasteiger partial charge in [0.05, 0.1) is 12.7 Å². The lowest BCUT2D eigenvalue weighted by atomic mass is 10.0. The van der Waals surface area contributed by atoms with Gasteiger partial charge in [0.2, 0.25) is 5.43 Å². The Balaban J connectivity index is 1.30. The molecule has 40 heavy (non-hydrogen) atoms. The number of hydrogen-bond acceptors (Lipinski definition) is 10. The maximum Gasteiger partial charge on any atom is 0.328 e. The number of phenols is 2. The Hall–Kier alpha value is -5.19. The molecule has 11 heteroatoms. The molecule has 0 spiro atoms. The molecule has 1 atom stereocenters. The van der Waals surface area contributed by atoms with E-state index in [2.05, 4.69) is 5.32 Å². The fraction of sp³-hybridized carbons (Fsp3) is 0.207. The molecule has 5 rings (SSSR count). The van der Waals surface area contributed by atoms with Crippen LogP contribution in [0, 0.1) is 0 Å². The third kappa shape index (κ3) is 5.63. The molecular weight excluding hydrogens is 522 g/mol. The minimum atomic E-state index is -0.993. The Labute approximate surface area is 227 Å². The Morgan fingerprint density at radius 3 is 2.50 bits per heavy atom. The summed E-state index contributed by atoms with van der Waals surface area (Å²) < 4.78 is 27.0. The molecule has 4 aromatic rings. The molecule has 0 fully saturated rings. The third-order valence-electron chi connectivity index (χ3n) is 6.25. The number of methoxy groups -OCH3 is 1. The molecule has 0 radical (unpaired) electrons. The second kappa shape index (κ2) is 11.3. The van der Waals surface area contributed by atoms with Crippen LogP contribution in [-0.4, -0.2) is 55.1 Å². The number of esters is 1. The largest absolute Gasteiger partial charge is 0.508 e. The van der Waals surface area contributed by atoms with Crippen molar-refractivity contribution in [2.75, 3.05) is 26.9 Å². The van der Waals surface area contributed by atoms with Gasteiger partial charge in [0, 0.05) is 18.6 Å². The second-order valence-electron chi connectivity index (χ2n) is 8.95. The van der Waals surface area contributed by atoms with Crippen molar-refractivity contribution >= 4 is 22.8 Å². The standard InChI is InChI=1S/C29H25NO10/c1-36-29(35)21(10-16-2-5-18(31)6-3-16)30-26(33)15-39-19-12-22(32)27-25(13-19)40-14-20(28(27)34)17-4-7-23-24(11-17)38-9-8-37-23/h2-7,11-14,21,31-32H,8-10,15H2,1H3,(H,30,33). The predicted molar refractivity (Wildman–Crippen MR) is 142 cm³/mol. The Kier molecular flexibility index (Phi) is 7.45. The molecule has 1 amide bonds. The van der Waals surface area contributed by atoms with E-state index in [-0.39, 0.29) is 40.2 Å². The van der Waals surface area contributed by atoms with Crippen LogP contribution in [-0.2, 0) is 20.7 Å². The molecular formula is C29H25NO10. The number of carbonyl (C=O) groups excluding carboxylic acids is 2. The van der Waals surface area contributed by atoms with Crippen LogP contribution < -0.4 is 25.0 Å². The van der Waals surface area contributed by atoms with Gasteiger partial charge in [-0.15, -0.1) is 0 Å². The molecule has 2 heterocycles. The van der Waals surface area contributed by atoms with Gasteiger partial charge in [-0.1, -0.05) is 18.2 Å². The molecule has 1 aliphatic heterocycles. The minimum Gasteiger partial charge on any atom is -0.508 e. The van der Waals surface area contributed by atoms with Gasteiger partial charge < -0.3 is 38.9 Å². The van der Waals surface area contributed by atoms with E-state index in [0.29, 0.717) is 35.8 Å². The normalized spacial score (nSPS) is 12.9. The summed E-state index contributed by atoms with van der Waals surface area (Å²) in [5, 5.41) is 22.6. The second-order valence-corrected chi connectivity index (χ2v) is 8.95. The van der Waals surface area contributed by atoms with Gasteiger partial charge in [-0.25, -0.2) is 4.79 Å². The zero-order valence-electron chi connectivity index (χ0n) is 21.3. The number of ether oxygens (including phenoxy) is 4. The highest BCUT2D eigenvalue weighted by atomic mass is 16.6. The molecule has 1 aliphatic rings. The smallest absolute Gasteiger partial charge is 0.328 e. The van der Waals surface area contributed by atoms with Gasteiger partial charge in [-0.05, 0) is 35.4 Å². The van der Waals surface area contributed by atoms with Crippen molar-refractivity contribution in [2.24, 2.45) is 0 Å². The summed E-state index contributed by atoms with van der Waals surface area (Å²) in [5.41, 5.74) is 1.04. The van der Waals surface area contributed by atoms with E-state index < -0.39 is 30.0 Å². The van der Waals surface area contributed by atoms with Gasteiger partial charge in [-0.2, -0.15) is 0 Å². The summed E-state index contributed by atoms with van der Waals surface area (Å²) in [6, 6.07) is 12.8. The number of benzene rings is 3. The van der Waals surface area contributed by atoms with Crippen molar-refractivity contribution in [2.45, 2.75) is 12.5 Å². The van der Waals surface area contributed by atoms with Crippen LogP contribution in [0.15, 0.2) is 70.1 Å². The first-order valence-electron chi connectivity index (χ1n) is 12.3. The van der Waals surface area contributed by atoms with Crippen molar-refractivity contribution in [3.8, 4) is 39.9 Å². The maximum absolute atomic E-state index is 13.2. The van der Waals surface area contributed by atoms with E-state index in [9.17, 15) is 24.6 Å². The molecule has 11 nitrogen and oxygen atoms in total. The van der Waals surface area contributed by atoms with Crippen molar-refractivity contribution < 1.29 is 43.2 Å². The number of phenolic OH excluding ortho intramolecular Hbond substituents is 2. The first kappa shape index (κ1) is 26.4. The van der Waals surface area contributed by atoms with Crippen LogP contribution in [0.4, 0.5) is 0 Å². The summed E-state index contributed by atoms with van der Waals surface area (Å²) >= 11 is 0. The topological polar surface area (TPSA) is 154 Å². The molecule has 3 aromatic carbocycles. The zero-order chi connectivity index (χ0) is 28.2. The van der Waals surface area contributed by atoms with Gasteiger partial charge >= 0.3 is 5.97 Å². The van der Waals surface area contributed by atoms with Crippen LogP contribution in [0.1, 0.15) is 5.56 Å². The van der Waals surface area contributed by atoms with Gasteiger partial charge in [-0.3, -0.25) is 9.59 Å². The van der Waals surface area contributed by atoms with Crippen molar-refractivity contribution in [3.63, 3.8) is 0 Å². The van der Waals surface area contributed by atoms with E-state index in [0.717, 1.165) is 0 Å². The van der Waals surface area contributed by atoms with Crippen molar-refractivity contribution in [1.82, 2.24) is 5.32 Å². The lowest BCUT2D eigenvalue weighted by molar-refractivity contribution is -0.145. The number of hydrogen-bond donors (Lipinski definition) is 3. The summed E-state index contributed by atoms with van der Waals surface area (Å²) in [6.07, 6.45) is 1.41. The molecule has 0 aliphatic carbocycles. The quantitative estimate of drug-likeness (QED) is 0.281. The number of rotatable bonds is 8. The molecule has 3 N–H and O–H groups in total. The van der Waals surface area contributed by atoms with Gasteiger partial charge in [0.15, 0.2) is 18.1 Å². The van der Waals surface area contributed by atoms with Gasteiger partial charge in [0.1, 0.15) is 53.7 Å². The van der Waals surface area contributed by atoms with E-state index in [1.807, 2.05) is 0 Å². The number of fused-ring (bicyclic) bond motifs is 2. The van der Waals surface area contributed by atoms with E-state index in [1.54, 1.807) is 30.3 Å². The van der Waals surface area contributed by atoms with Crippen molar-refractivity contribution in [1.29, 1.82) is 0 Å². The molecule has 206 valence electrons. The molecule has 0 saturated carbocycles. The van der Waals surface area contributed by atoms with E-state index in [1.165, 1.54) is 37.6 Å². The predicted octanol–water partition coefficient (Wildman–Crippen LogP) is 2.92. The van der Waals surface area contributed by atoms with E-state index >= 15 is 0 Å². The maximum atomic E-state index is 13.2. The highest BCUT2D eigenvalue weighted by Gasteiger charge is 2.23. The Morgan fingerprint density at radius 1 is 1.00 bits per heavy atom. The summed E-state index contributed by atoms with van der Waals surface area (Å²) in [7, 11) is 1.21. The Bertz CT molecular complexity index is 1630. The average molecular weight is 548 g/mol. The monoisotopic (exact) mass is 547 g/mol. The first-order chi connectivity index (χ1) is 19.3. The fourth-order valence-corrected chi connectivity index (χ4v) is 4.29. The zero-order valence-corrected chi connectivity index (χ0v) is 21.3. The molecule has 1 unspecified atom stereocenters. The Morgan fingerprint density at radius 2 is 1.75 bits per heavy atom. The SMILES string of the molecule is COC(=O)C(Cc1ccc(O)cc1)NC(=O)COc1cc(O)c2c(=O)c(-c3ccc4c(c3)OCCO4)coc2c1. The van der Waals surface area contributed by atoms with Crippen LogP contribution >= 0.6 is 0 Å². The van der Waals surface area contributed by atoms with E-state index in [4.69, 9.17) is 23.4 Å². The summed E-state index contributed by atoms with van der Waals surface area (Å²) in [6.45, 7) is 0.343. The van der Waals surface area contributed by atoms with Gasteiger partial charge in [0.25, 0.3) is 5.91 Å². The molecule has 0 saturated heterocycles. The average Bonchev–Trinajstić information content (AvgIpc) is 2.96. The molecule has 1 aromatic heterocycles. The lowest BCUT2D eigenvalue weighted by Gasteiger charge is -2.18. The van der Waals surface area contributed by atoms with Crippen LogP contribution in [0.3, 0.4) is 0 Å². The first-order valence-corrected chi connectivity index (χ1v) is 12.3. The number of aromatic hydroxyl groups is 2. The lowest BCUT2D eigenvalue weighted by Crippen LogP contribution is -2.44. The highest BCUT2D eigenvalue weighted by molar-refractivity contribution is 5.89. The van der Waals surface area contributed by atoms with Crippen molar-refractivity contribution in [3.05, 3.63) is 76.6 Å². The molecule has 0 bridgehead atoms. The number of amides is 1. The number of nitrogens with one attached hydrogen (secondary N) is 1. The van der Waals surface area contributed by atoms with Crippen LogP contribution in [0.5, 0.6) is 28.7 Å². The highest BCUT2D eigenvalue weighted by Crippen LogP contribution is 2.35.